The number of rotatable bonds is 1. The average Bonchev–Trinajstić information content (AvgIpc) is 3.00. The molecular formula is C13H17NO4. The van der Waals surface area contributed by atoms with Crippen LogP contribution in [0.2, 0.25) is 0 Å². The number of carbonyl (C=O) groups excluding carboxylic acids is 2. The number of nitrogens with zero attached hydrogens (tertiary/aromatic N) is 1. The SMILES string of the molecule is O=C1O[C@@H]2C[C@@H]3C[C@@H]2[C@H]1[C@@H]3C(=O)N1CCOCC1. The second-order valence-electron chi connectivity index (χ2n) is 5.86. The first-order valence-electron chi connectivity index (χ1n) is 6.83. The third-order valence-corrected chi connectivity index (χ3v) is 5.09. The van der Waals surface area contributed by atoms with Gasteiger partial charge in [-0.15, -0.1) is 0 Å². The minimum Gasteiger partial charge on any atom is -0.462 e. The van der Waals surface area contributed by atoms with Gasteiger partial charge in [-0.05, 0) is 18.8 Å². The van der Waals surface area contributed by atoms with Crippen molar-refractivity contribution in [2.45, 2.75) is 18.9 Å². The lowest BCUT2D eigenvalue weighted by atomic mass is 9.79. The topological polar surface area (TPSA) is 55.8 Å². The number of hydrogen-bond acceptors (Lipinski definition) is 4. The van der Waals surface area contributed by atoms with E-state index in [4.69, 9.17) is 9.47 Å². The molecule has 5 heteroatoms. The van der Waals surface area contributed by atoms with Gasteiger partial charge >= 0.3 is 5.97 Å². The lowest BCUT2D eigenvalue weighted by Crippen LogP contribution is -2.47. The first-order valence-corrected chi connectivity index (χ1v) is 6.83. The maximum absolute atomic E-state index is 12.6. The van der Waals surface area contributed by atoms with Crippen LogP contribution >= 0.6 is 0 Å². The molecule has 1 amide bonds. The van der Waals surface area contributed by atoms with E-state index in [0.29, 0.717) is 38.1 Å². The zero-order chi connectivity index (χ0) is 12.3. The first kappa shape index (κ1) is 10.8. The van der Waals surface area contributed by atoms with Crippen LogP contribution < -0.4 is 0 Å². The molecule has 2 aliphatic carbocycles. The van der Waals surface area contributed by atoms with Crippen LogP contribution in [0.5, 0.6) is 0 Å². The zero-order valence-corrected chi connectivity index (χ0v) is 10.2. The molecular weight excluding hydrogens is 234 g/mol. The summed E-state index contributed by atoms with van der Waals surface area (Å²) in [5.41, 5.74) is 0. The minimum atomic E-state index is -0.149. The van der Waals surface area contributed by atoms with Crippen molar-refractivity contribution in [2.24, 2.45) is 23.7 Å². The molecule has 5 nitrogen and oxygen atoms in total. The summed E-state index contributed by atoms with van der Waals surface area (Å²) in [6.07, 6.45) is 2.01. The van der Waals surface area contributed by atoms with Crippen LogP contribution in [-0.4, -0.2) is 49.2 Å². The third-order valence-electron chi connectivity index (χ3n) is 5.09. The maximum Gasteiger partial charge on any atom is 0.310 e. The standard InChI is InChI=1S/C13H17NO4/c15-12(14-1-3-17-4-2-14)10-7-5-8-9(6-7)18-13(16)11(8)10/h7-11H,1-6H2/t7-,8-,9+,10+,11-/m0/s1. The molecule has 0 unspecified atom stereocenters. The van der Waals surface area contributed by atoms with Gasteiger partial charge in [0.15, 0.2) is 0 Å². The first-order chi connectivity index (χ1) is 8.75. The number of fused-ring (bicyclic) bond motifs is 1. The molecule has 4 aliphatic rings. The van der Waals surface area contributed by atoms with Crippen molar-refractivity contribution >= 4 is 11.9 Å². The fraction of sp³-hybridized carbons (Fsp3) is 0.846. The number of amides is 1. The Labute approximate surface area is 105 Å². The van der Waals surface area contributed by atoms with Crippen LogP contribution in [0.25, 0.3) is 0 Å². The van der Waals surface area contributed by atoms with Crippen molar-refractivity contribution in [3.8, 4) is 0 Å². The van der Waals surface area contributed by atoms with Gasteiger partial charge in [0.2, 0.25) is 5.91 Å². The van der Waals surface area contributed by atoms with Gasteiger partial charge in [0.25, 0.3) is 0 Å². The summed E-state index contributed by atoms with van der Waals surface area (Å²) < 4.78 is 10.6. The Morgan fingerprint density at radius 2 is 2.00 bits per heavy atom. The highest BCUT2D eigenvalue weighted by molar-refractivity contribution is 5.88. The van der Waals surface area contributed by atoms with Crippen molar-refractivity contribution in [3.63, 3.8) is 0 Å². The van der Waals surface area contributed by atoms with E-state index in [9.17, 15) is 9.59 Å². The molecule has 4 rings (SSSR count). The molecule has 98 valence electrons. The van der Waals surface area contributed by atoms with Gasteiger partial charge in [0.1, 0.15) is 6.10 Å². The highest BCUT2D eigenvalue weighted by atomic mass is 16.6. The minimum absolute atomic E-state index is 0.112. The maximum atomic E-state index is 12.6. The highest BCUT2D eigenvalue weighted by Gasteiger charge is 2.64. The predicted molar refractivity (Wildman–Crippen MR) is 60.5 cm³/mol. The molecule has 4 fully saturated rings. The summed E-state index contributed by atoms with van der Waals surface area (Å²) in [6.45, 7) is 2.56. The molecule has 2 heterocycles. The van der Waals surface area contributed by atoms with E-state index in [2.05, 4.69) is 0 Å². The molecule has 2 bridgehead atoms. The Balaban J connectivity index is 1.57. The molecule has 2 saturated carbocycles. The van der Waals surface area contributed by atoms with Crippen LogP contribution in [0, 0.1) is 23.7 Å². The van der Waals surface area contributed by atoms with Crippen LogP contribution in [-0.2, 0) is 19.1 Å². The van der Waals surface area contributed by atoms with Crippen LogP contribution in [0.4, 0.5) is 0 Å². The quantitative estimate of drug-likeness (QED) is 0.618. The molecule has 18 heavy (non-hydrogen) atoms. The lowest BCUT2D eigenvalue weighted by Gasteiger charge is -2.33. The Morgan fingerprint density at radius 1 is 1.22 bits per heavy atom. The fourth-order valence-corrected chi connectivity index (χ4v) is 4.34. The van der Waals surface area contributed by atoms with Gasteiger partial charge in [0, 0.05) is 19.0 Å². The normalized spacial score (nSPS) is 45.4. The van der Waals surface area contributed by atoms with Crippen molar-refractivity contribution in [2.75, 3.05) is 26.3 Å². The monoisotopic (exact) mass is 251 g/mol. The lowest BCUT2D eigenvalue weighted by molar-refractivity contribution is -0.149. The van der Waals surface area contributed by atoms with Gasteiger partial charge in [-0.25, -0.2) is 0 Å². The summed E-state index contributed by atoms with van der Waals surface area (Å²) in [5.74, 6) is 0.456. The van der Waals surface area contributed by atoms with Crippen LogP contribution in [0.1, 0.15) is 12.8 Å². The summed E-state index contributed by atoms with van der Waals surface area (Å²) in [6, 6.07) is 0. The highest BCUT2D eigenvalue weighted by Crippen LogP contribution is 2.58. The number of carbonyl (C=O) groups is 2. The summed E-state index contributed by atoms with van der Waals surface area (Å²) in [4.78, 5) is 26.3. The summed E-state index contributed by atoms with van der Waals surface area (Å²) >= 11 is 0. The average molecular weight is 251 g/mol. The fourth-order valence-electron chi connectivity index (χ4n) is 4.34. The van der Waals surface area contributed by atoms with E-state index in [1.165, 1.54) is 0 Å². The third kappa shape index (κ3) is 1.31. The van der Waals surface area contributed by atoms with Crippen molar-refractivity contribution in [1.29, 1.82) is 0 Å². The Hall–Kier alpha value is -1.10. The number of morpholine rings is 1. The van der Waals surface area contributed by atoms with Gasteiger partial charge in [-0.1, -0.05) is 0 Å². The molecule has 0 spiro atoms. The van der Waals surface area contributed by atoms with Gasteiger partial charge in [0.05, 0.1) is 25.0 Å². The van der Waals surface area contributed by atoms with Crippen molar-refractivity contribution in [1.82, 2.24) is 4.90 Å². The van der Waals surface area contributed by atoms with E-state index < -0.39 is 0 Å². The molecule has 2 saturated heterocycles. The molecule has 5 atom stereocenters. The van der Waals surface area contributed by atoms with Gasteiger partial charge < -0.3 is 14.4 Å². The summed E-state index contributed by atoms with van der Waals surface area (Å²) in [7, 11) is 0. The van der Waals surface area contributed by atoms with Gasteiger partial charge in [-0.2, -0.15) is 0 Å². The van der Waals surface area contributed by atoms with Crippen molar-refractivity contribution < 1.29 is 19.1 Å². The Bertz CT molecular complexity index is 402. The second kappa shape index (κ2) is 3.70. The number of ether oxygens (including phenoxy) is 2. The smallest absolute Gasteiger partial charge is 0.310 e. The van der Waals surface area contributed by atoms with E-state index in [0.717, 1.165) is 12.8 Å². The second-order valence-corrected chi connectivity index (χ2v) is 5.86. The largest absolute Gasteiger partial charge is 0.462 e. The Morgan fingerprint density at radius 3 is 2.78 bits per heavy atom. The zero-order valence-electron chi connectivity index (χ0n) is 10.2. The van der Waals surface area contributed by atoms with Gasteiger partial charge in [-0.3, -0.25) is 9.59 Å². The number of hydrogen-bond donors (Lipinski definition) is 0. The predicted octanol–water partition coefficient (Wildman–Crippen LogP) is 0.0428. The number of esters is 1. The van der Waals surface area contributed by atoms with Crippen LogP contribution in [0.3, 0.4) is 0 Å². The molecule has 0 radical (unpaired) electrons. The van der Waals surface area contributed by atoms with E-state index in [1.807, 2.05) is 4.90 Å². The molecule has 0 aromatic rings. The Kier molecular flexibility index (Phi) is 2.22. The van der Waals surface area contributed by atoms with E-state index in [1.54, 1.807) is 0 Å². The summed E-state index contributed by atoms with van der Waals surface area (Å²) in [5, 5.41) is 0. The molecule has 0 N–H and O–H groups in total. The van der Waals surface area contributed by atoms with Crippen molar-refractivity contribution in [3.05, 3.63) is 0 Å². The van der Waals surface area contributed by atoms with Crippen LogP contribution in [0.15, 0.2) is 0 Å². The molecule has 0 aromatic carbocycles. The van der Waals surface area contributed by atoms with E-state index in [-0.39, 0.29) is 29.8 Å². The van der Waals surface area contributed by atoms with E-state index >= 15 is 0 Å². The molecule has 2 aliphatic heterocycles. The molecule has 0 aromatic heterocycles.